The fraction of sp³-hybridized carbons (Fsp3) is 0.636. The minimum absolute atomic E-state index is 0.0443. The number of aromatic nitrogens is 5. The van der Waals surface area contributed by atoms with Crippen LogP contribution in [0.5, 0.6) is 6.01 Å². The Bertz CT molecular complexity index is 678. The van der Waals surface area contributed by atoms with Gasteiger partial charge in [0, 0.05) is 0 Å². The minimum atomic E-state index is -1.30. The summed E-state index contributed by atoms with van der Waals surface area (Å²) in [7, 11) is 0. The molecular formula is C11H16N6O5. The van der Waals surface area contributed by atoms with Gasteiger partial charge in [-0.2, -0.15) is 14.6 Å². The lowest BCUT2D eigenvalue weighted by Crippen LogP contribution is -2.33. The zero-order chi connectivity index (χ0) is 15.9. The van der Waals surface area contributed by atoms with Crippen molar-refractivity contribution in [3.05, 3.63) is 0 Å². The van der Waals surface area contributed by atoms with Crippen LogP contribution in [0.1, 0.15) is 13.2 Å². The van der Waals surface area contributed by atoms with Crippen LogP contribution in [-0.2, 0) is 4.74 Å². The van der Waals surface area contributed by atoms with E-state index in [1.807, 2.05) is 0 Å². The first kappa shape index (κ1) is 14.8. The Balaban J connectivity index is 2.04. The maximum Gasteiger partial charge on any atom is 0.320 e. The second-order valence-corrected chi connectivity index (χ2v) is 4.76. The number of aliphatic hydroxyl groups excluding tert-OH is 3. The molecule has 0 aromatic carbocycles. The predicted molar refractivity (Wildman–Crippen MR) is 71.7 cm³/mol. The van der Waals surface area contributed by atoms with Gasteiger partial charge in [-0.15, -0.1) is 5.10 Å². The Labute approximate surface area is 124 Å². The average molecular weight is 312 g/mol. The van der Waals surface area contributed by atoms with E-state index in [1.165, 1.54) is 4.68 Å². The molecule has 2 aromatic rings. The first-order chi connectivity index (χ1) is 10.6. The Morgan fingerprint density at radius 1 is 1.32 bits per heavy atom. The molecule has 1 aliphatic heterocycles. The summed E-state index contributed by atoms with van der Waals surface area (Å²) >= 11 is 0. The molecule has 2 aromatic heterocycles. The van der Waals surface area contributed by atoms with Crippen molar-refractivity contribution in [3.8, 4) is 6.01 Å². The molecule has 3 heterocycles. The summed E-state index contributed by atoms with van der Waals surface area (Å²) in [6, 6.07) is 0.0443. The van der Waals surface area contributed by atoms with Crippen LogP contribution in [0, 0.1) is 0 Å². The maximum absolute atomic E-state index is 10.1. The number of hydrogen-bond donors (Lipinski definition) is 4. The number of ether oxygens (including phenoxy) is 2. The van der Waals surface area contributed by atoms with Gasteiger partial charge >= 0.3 is 6.01 Å². The molecule has 1 saturated heterocycles. The van der Waals surface area contributed by atoms with E-state index >= 15 is 0 Å². The van der Waals surface area contributed by atoms with E-state index in [2.05, 4.69) is 20.3 Å². The van der Waals surface area contributed by atoms with Crippen LogP contribution in [0.2, 0.25) is 0 Å². The summed E-state index contributed by atoms with van der Waals surface area (Å²) < 4.78 is 11.8. The van der Waals surface area contributed by atoms with Crippen molar-refractivity contribution in [2.75, 3.05) is 18.9 Å². The van der Waals surface area contributed by atoms with E-state index in [-0.39, 0.29) is 23.0 Å². The summed E-state index contributed by atoms with van der Waals surface area (Å²) in [5, 5.41) is 36.7. The summed E-state index contributed by atoms with van der Waals surface area (Å²) in [6.07, 6.45) is -4.53. The van der Waals surface area contributed by atoms with Crippen molar-refractivity contribution in [1.82, 2.24) is 25.0 Å². The van der Waals surface area contributed by atoms with Crippen LogP contribution in [-0.4, -0.2) is 71.8 Å². The predicted octanol–water partition coefficient (Wildman–Crippen LogP) is -2.19. The lowest BCUT2D eigenvalue weighted by Gasteiger charge is -2.14. The lowest BCUT2D eigenvalue weighted by atomic mass is 10.1. The van der Waals surface area contributed by atoms with E-state index in [4.69, 9.17) is 20.3 Å². The number of nitrogens with two attached hydrogens (primary N) is 1. The van der Waals surface area contributed by atoms with Gasteiger partial charge < -0.3 is 30.5 Å². The fourth-order valence-corrected chi connectivity index (χ4v) is 2.28. The summed E-state index contributed by atoms with van der Waals surface area (Å²) in [5.41, 5.74) is 6.20. The van der Waals surface area contributed by atoms with Crippen LogP contribution < -0.4 is 10.5 Å². The topological polar surface area (TPSA) is 162 Å². The van der Waals surface area contributed by atoms with Crippen molar-refractivity contribution in [2.45, 2.75) is 31.5 Å². The molecule has 120 valence electrons. The summed E-state index contributed by atoms with van der Waals surface area (Å²) in [4.78, 5) is 8.06. The van der Waals surface area contributed by atoms with Crippen LogP contribution in [0.3, 0.4) is 0 Å². The van der Waals surface area contributed by atoms with Crippen molar-refractivity contribution in [3.63, 3.8) is 0 Å². The molecule has 4 atom stereocenters. The van der Waals surface area contributed by atoms with Crippen LogP contribution >= 0.6 is 0 Å². The number of hydrogen-bond acceptors (Lipinski definition) is 10. The number of nitrogen functional groups attached to an aromatic ring is 1. The maximum atomic E-state index is 10.1. The SMILES string of the molecule is CCOc1nc(N)c2nnn(C3O[C@H](CO)[C@@H](O)[C@H]3O)c2n1. The molecule has 22 heavy (non-hydrogen) atoms. The molecular weight excluding hydrogens is 296 g/mol. The molecule has 1 aliphatic rings. The van der Waals surface area contributed by atoms with E-state index in [0.29, 0.717) is 6.61 Å². The van der Waals surface area contributed by atoms with Crippen molar-refractivity contribution in [1.29, 1.82) is 0 Å². The third-order valence-corrected chi connectivity index (χ3v) is 3.36. The van der Waals surface area contributed by atoms with E-state index in [9.17, 15) is 10.2 Å². The number of fused-ring (bicyclic) bond motifs is 1. The van der Waals surface area contributed by atoms with Crippen LogP contribution in [0.25, 0.3) is 11.2 Å². The number of anilines is 1. The van der Waals surface area contributed by atoms with E-state index in [0.717, 1.165) is 0 Å². The van der Waals surface area contributed by atoms with Gasteiger partial charge in [-0.05, 0) is 6.92 Å². The molecule has 0 amide bonds. The molecule has 3 rings (SSSR count). The highest BCUT2D eigenvalue weighted by Gasteiger charge is 2.44. The first-order valence-electron chi connectivity index (χ1n) is 6.70. The van der Waals surface area contributed by atoms with Gasteiger partial charge in [0.25, 0.3) is 0 Å². The second kappa shape index (κ2) is 5.61. The fourth-order valence-electron chi connectivity index (χ4n) is 2.28. The number of aliphatic hydroxyl groups is 3. The highest BCUT2D eigenvalue weighted by atomic mass is 16.6. The van der Waals surface area contributed by atoms with Crippen molar-refractivity contribution < 1.29 is 24.8 Å². The Kier molecular flexibility index (Phi) is 3.78. The average Bonchev–Trinajstić information content (AvgIpc) is 3.03. The molecule has 5 N–H and O–H groups in total. The number of nitrogens with zero attached hydrogens (tertiary/aromatic N) is 5. The monoisotopic (exact) mass is 312 g/mol. The van der Waals surface area contributed by atoms with E-state index < -0.39 is 31.1 Å². The molecule has 0 bridgehead atoms. The highest BCUT2D eigenvalue weighted by Crippen LogP contribution is 2.31. The Hall–Kier alpha value is -2.08. The molecule has 0 spiro atoms. The molecule has 1 fully saturated rings. The molecule has 1 unspecified atom stereocenters. The third-order valence-electron chi connectivity index (χ3n) is 3.36. The zero-order valence-electron chi connectivity index (χ0n) is 11.7. The highest BCUT2D eigenvalue weighted by molar-refractivity contribution is 5.81. The smallest absolute Gasteiger partial charge is 0.320 e. The standard InChI is InChI=1S/C11H16N6O5/c1-2-21-11-13-8(12)5-9(14-11)17(16-15-5)10-7(20)6(19)4(3-18)22-10/h4,6-7,10,18-20H,2-3H2,1H3,(H2,12,13,14)/t4-,6-,7-,10?/m1/s1. The zero-order valence-corrected chi connectivity index (χ0v) is 11.7. The van der Waals surface area contributed by atoms with Crippen LogP contribution in [0.4, 0.5) is 5.82 Å². The molecule has 0 aliphatic carbocycles. The minimum Gasteiger partial charge on any atom is -0.464 e. The molecule has 0 radical (unpaired) electrons. The normalized spacial score (nSPS) is 28.4. The Morgan fingerprint density at radius 2 is 2.09 bits per heavy atom. The number of rotatable bonds is 4. The molecule has 11 nitrogen and oxygen atoms in total. The third kappa shape index (κ3) is 2.23. The summed E-state index contributed by atoms with van der Waals surface area (Å²) in [5.74, 6) is 0.0754. The molecule has 0 saturated carbocycles. The van der Waals surface area contributed by atoms with Crippen molar-refractivity contribution >= 4 is 17.0 Å². The van der Waals surface area contributed by atoms with Gasteiger partial charge in [-0.3, -0.25) is 0 Å². The Morgan fingerprint density at radius 3 is 2.73 bits per heavy atom. The van der Waals surface area contributed by atoms with Gasteiger partial charge in [0.2, 0.25) is 0 Å². The summed E-state index contributed by atoms with van der Waals surface area (Å²) in [6.45, 7) is 1.67. The van der Waals surface area contributed by atoms with Gasteiger partial charge in [0.15, 0.2) is 23.2 Å². The largest absolute Gasteiger partial charge is 0.464 e. The lowest BCUT2D eigenvalue weighted by molar-refractivity contribution is -0.0575. The van der Waals surface area contributed by atoms with Gasteiger partial charge in [-0.25, -0.2) is 0 Å². The van der Waals surface area contributed by atoms with E-state index in [1.54, 1.807) is 6.92 Å². The van der Waals surface area contributed by atoms with Gasteiger partial charge in [0.1, 0.15) is 18.3 Å². The van der Waals surface area contributed by atoms with Crippen molar-refractivity contribution in [2.24, 2.45) is 0 Å². The van der Waals surface area contributed by atoms with Gasteiger partial charge in [0.05, 0.1) is 13.2 Å². The first-order valence-corrected chi connectivity index (χ1v) is 6.70. The quantitative estimate of drug-likeness (QED) is 0.488. The molecule has 11 heteroatoms. The second-order valence-electron chi connectivity index (χ2n) is 4.76. The van der Waals surface area contributed by atoms with Gasteiger partial charge in [-0.1, -0.05) is 5.21 Å². The van der Waals surface area contributed by atoms with Crippen LogP contribution in [0.15, 0.2) is 0 Å².